The molecule has 24 heteroatoms. The van der Waals surface area contributed by atoms with Crippen molar-refractivity contribution in [3.05, 3.63) is 21.6 Å². The Bertz CT molecular complexity index is 979. The van der Waals surface area contributed by atoms with E-state index in [1.807, 2.05) is 5.32 Å². The van der Waals surface area contributed by atoms with Crippen LogP contribution in [0.3, 0.4) is 0 Å². The van der Waals surface area contributed by atoms with Crippen LogP contribution in [0.2, 0.25) is 0 Å². The molecule has 1 fully saturated rings. The molecule has 4 unspecified atom stereocenters. The highest BCUT2D eigenvalue weighted by Crippen LogP contribution is 2.73. The van der Waals surface area contributed by atoms with E-state index < -0.39 is 54.8 Å². The number of imide groups is 1. The summed E-state index contributed by atoms with van der Waals surface area (Å²) in [6, 6.07) is -0.828. The van der Waals surface area contributed by atoms with Crippen LogP contribution >= 0.6 is 23.8 Å². The van der Waals surface area contributed by atoms with Crippen molar-refractivity contribution in [3.63, 3.8) is 0 Å². The molecule has 0 aromatic carbocycles. The molecule has 0 bridgehead atoms. The summed E-state index contributed by atoms with van der Waals surface area (Å²) >= 11 is 0. The Kier molecular flexibility index (Phi) is 12.2. The highest BCUT2D eigenvalue weighted by Gasteiger charge is 2.54. The van der Waals surface area contributed by atoms with E-state index in [0.29, 0.717) is 10.2 Å². The Morgan fingerprint density at radius 2 is 1.73 bits per heavy atom. The minimum atomic E-state index is -5.41. The maximum atomic E-state index is 12.7. The van der Waals surface area contributed by atoms with Crippen molar-refractivity contribution in [3.8, 4) is 0 Å². The second-order valence-electron chi connectivity index (χ2n) is 6.61. The molecule has 37 heavy (non-hydrogen) atoms. The first-order valence-electron chi connectivity index (χ1n) is 9.51. The standard InChI is InChI=1S/C13H25N6O15P3/c1-9(7-17(3)13(21)14-10(2)20)12-19(16-23)18(15-22)11(32-12)8-31-37(27,30-6)34-35(24,25)33-36(26,28-4)29-5/h7,11-12,26H,8H2,1-6H3,(H-,14,20,21,24,25)/p+1/b9-7+. The predicted octanol–water partition coefficient (Wildman–Crippen LogP) is 1.51. The van der Waals surface area contributed by atoms with Crippen LogP contribution in [-0.2, 0) is 45.4 Å². The van der Waals surface area contributed by atoms with E-state index in [4.69, 9.17) is 9.26 Å². The molecule has 1 aliphatic heterocycles. The number of ether oxygens (including phenoxy) is 1. The lowest BCUT2D eigenvalue weighted by atomic mass is 10.3. The van der Waals surface area contributed by atoms with Crippen LogP contribution in [0.5, 0.6) is 0 Å². The number of hydrogen-bond donors (Lipinski definition) is 3. The Hall–Kier alpha value is -1.99. The molecule has 1 aliphatic rings. The molecular formula is C13H26N6O15P3+. The van der Waals surface area contributed by atoms with Crippen LogP contribution < -0.4 is 5.32 Å². The van der Waals surface area contributed by atoms with Gasteiger partial charge in [-0.2, -0.15) is 18.3 Å². The predicted molar refractivity (Wildman–Crippen MR) is 120 cm³/mol. The molecule has 0 aliphatic carbocycles. The van der Waals surface area contributed by atoms with Gasteiger partial charge in [0.15, 0.2) is 12.5 Å². The van der Waals surface area contributed by atoms with E-state index in [-0.39, 0.29) is 5.57 Å². The molecular weight excluding hydrogens is 573 g/mol. The van der Waals surface area contributed by atoms with Crippen molar-refractivity contribution in [1.29, 1.82) is 0 Å². The smallest absolute Gasteiger partial charge is 0.321 e. The number of carbonyl (C=O) groups excluding carboxylic acids is 2. The molecule has 3 N–H and O–H groups in total. The summed E-state index contributed by atoms with van der Waals surface area (Å²) in [5.74, 6) is -0.636. The summed E-state index contributed by atoms with van der Waals surface area (Å²) in [4.78, 5) is 66.1. The number of hydrogen-bond acceptors (Lipinski definition) is 16. The van der Waals surface area contributed by atoms with E-state index in [1.54, 1.807) is 0 Å². The van der Waals surface area contributed by atoms with Gasteiger partial charge in [0.1, 0.15) is 6.61 Å². The number of amides is 3. The fourth-order valence-corrected chi connectivity index (χ4v) is 6.40. The second kappa shape index (κ2) is 13.7. The third kappa shape index (κ3) is 9.36. The molecule has 1 heterocycles. The minimum Gasteiger partial charge on any atom is -0.321 e. The first kappa shape index (κ1) is 33.0. The average Bonchev–Trinajstić information content (AvgIpc) is 3.19. The van der Waals surface area contributed by atoms with Gasteiger partial charge >= 0.3 is 29.8 Å². The number of nitrogens with one attached hydrogen (secondary N) is 1. The molecule has 4 atom stereocenters. The van der Waals surface area contributed by atoms with E-state index in [0.717, 1.165) is 39.4 Å². The number of nitroso groups, excluding NO2 is 2. The zero-order valence-electron chi connectivity index (χ0n) is 20.2. The van der Waals surface area contributed by atoms with Gasteiger partial charge in [0.25, 0.3) is 0 Å². The fraction of sp³-hybridized carbons (Fsp3) is 0.692. The molecule has 1 rings (SSSR count). The van der Waals surface area contributed by atoms with Gasteiger partial charge in [-0.25, -0.2) is 13.9 Å². The van der Waals surface area contributed by atoms with Gasteiger partial charge in [-0.3, -0.25) is 24.1 Å². The normalized spacial score (nSPS) is 21.7. The SMILES string of the molecule is COP(=O)(OCC1OC(/C(C)=C/N(C)C(=O)NC(C)=O)N(N=O)N1N=O)OP(=O)(O)O[P+](O)(OC)OC. The zero-order chi connectivity index (χ0) is 28.6. The lowest BCUT2D eigenvalue weighted by molar-refractivity contribution is -0.118. The summed E-state index contributed by atoms with van der Waals surface area (Å²) in [5, 5.41) is 7.91. The summed E-state index contributed by atoms with van der Waals surface area (Å²) in [6.45, 7) is 1.53. The lowest BCUT2D eigenvalue weighted by Gasteiger charge is -2.22. The number of carbonyl (C=O) groups is 2. The van der Waals surface area contributed by atoms with Crippen molar-refractivity contribution in [2.75, 3.05) is 35.0 Å². The van der Waals surface area contributed by atoms with Gasteiger partial charge in [0.2, 0.25) is 5.91 Å². The number of hydrazine groups is 1. The molecule has 212 valence electrons. The van der Waals surface area contributed by atoms with E-state index in [2.05, 4.69) is 32.8 Å². The fourth-order valence-electron chi connectivity index (χ4n) is 2.41. The molecule has 0 spiro atoms. The number of nitrogens with zero attached hydrogens (tertiary/aromatic N) is 5. The van der Waals surface area contributed by atoms with Crippen LogP contribution in [0.1, 0.15) is 13.8 Å². The van der Waals surface area contributed by atoms with Crippen LogP contribution in [0, 0.1) is 9.81 Å². The first-order valence-corrected chi connectivity index (χ1v) is 14.0. The maximum absolute atomic E-state index is 12.7. The van der Waals surface area contributed by atoms with Crippen LogP contribution in [0.15, 0.2) is 22.3 Å². The summed E-state index contributed by atoms with van der Waals surface area (Å²) in [7, 11) is -10.9. The number of phosphoric ester groups is 1. The monoisotopic (exact) mass is 599 g/mol. The number of rotatable bonds is 14. The quantitative estimate of drug-likeness (QED) is 0.189. The minimum absolute atomic E-state index is 0.0961. The highest BCUT2D eigenvalue weighted by atomic mass is 31.3. The van der Waals surface area contributed by atoms with E-state index in [9.17, 15) is 38.3 Å². The molecule has 0 radical (unpaired) electrons. The third-order valence-electron chi connectivity index (χ3n) is 3.99. The Labute approximate surface area is 210 Å². The Morgan fingerprint density at radius 3 is 2.19 bits per heavy atom. The van der Waals surface area contributed by atoms with Crippen molar-refractivity contribution in [2.45, 2.75) is 26.3 Å². The van der Waals surface area contributed by atoms with Gasteiger partial charge in [0, 0.05) is 27.3 Å². The van der Waals surface area contributed by atoms with Crippen LogP contribution in [0.25, 0.3) is 0 Å². The highest BCUT2D eigenvalue weighted by molar-refractivity contribution is 7.69. The van der Waals surface area contributed by atoms with Crippen LogP contribution in [-0.4, -0.2) is 84.3 Å². The third-order valence-corrected chi connectivity index (χ3v) is 9.10. The Morgan fingerprint density at radius 1 is 1.16 bits per heavy atom. The van der Waals surface area contributed by atoms with Gasteiger partial charge in [-0.15, -0.1) is 20.0 Å². The average molecular weight is 599 g/mol. The van der Waals surface area contributed by atoms with E-state index in [1.165, 1.54) is 14.0 Å². The van der Waals surface area contributed by atoms with Gasteiger partial charge in [0.05, 0.1) is 24.8 Å². The van der Waals surface area contributed by atoms with Crippen molar-refractivity contribution in [1.82, 2.24) is 20.5 Å². The number of urea groups is 1. The summed E-state index contributed by atoms with van der Waals surface area (Å²) < 4.78 is 57.2. The Balaban J connectivity index is 3.04. The first-order chi connectivity index (χ1) is 17.1. The molecule has 0 aromatic heterocycles. The number of phosphoric acid groups is 2. The maximum Gasteiger partial charge on any atom is 0.582 e. The van der Waals surface area contributed by atoms with Crippen molar-refractivity contribution >= 4 is 35.8 Å². The summed E-state index contributed by atoms with van der Waals surface area (Å²) in [5.41, 5.74) is 0.0961. The van der Waals surface area contributed by atoms with Gasteiger partial charge in [-0.1, -0.05) is 0 Å². The molecule has 1 saturated heterocycles. The zero-order valence-corrected chi connectivity index (χ0v) is 22.9. The van der Waals surface area contributed by atoms with Gasteiger partial charge < -0.3 is 9.64 Å². The van der Waals surface area contributed by atoms with Crippen LogP contribution in [0.4, 0.5) is 4.79 Å². The molecule has 21 nitrogen and oxygen atoms in total. The molecule has 3 amide bonds. The van der Waals surface area contributed by atoms with Crippen molar-refractivity contribution < 1.29 is 60.0 Å². The van der Waals surface area contributed by atoms with Crippen molar-refractivity contribution in [2.24, 2.45) is 10.6 Å². The lowest BCUT2D eigenvalue weighted by Crippen LogP contribution is -2.39. The van der Waals surface area contributed by atoms with E-state index >= 15 is 0 Å². The molecule has 0 aromatic rings. The molecule has 0 saturated carbocycles. The second-order valence-corrected chi connectivity index (χ2v) is 12.0. The summed E-state index contributed by atoms with van der Waals surface area (Å²) in [6.07, 6.45) is -1.94. The van der Waals surface area contributed by atoms with Gasteiger partial charge in [-0.05, 0) is 16.8 Å². The topological polar surface area (TPSA) is 254 Å². The largest absolute Gasteiger partial charge is 0.582 e.